The van der Waals surface area contributed by atoms with Crippen molar-refractivity contribution in [2.24, 2.45) is 0 Å². The molecule has 0 radical (unpaired) electrons. The Morgan fingerprint density at radius 2 is 1.74 bits per heavy atom. The summed E-state index contributed by atoms with van der Waals surface area (Å²) in [5.74, 6) is -0.327. The number of benzene rings is 2. The van der Waals surface area contributed by atoms with Gasteiger partial charge in [-0.2, -0.15) is 4.31 Å². The Morgan fingerprint density at radius 1 is 1.00 bits per heavy atom. The van der Waals surface area contributed by atoms with E-state index < -0.39 is 10.0 Å². The second-order valence-corrected chi connectivity index (χ2v) is 8.21. The van der Waals surface area contributed by atoms with E-state index in [2.05, 4.69) is 4.98 Å². The zero-order chi connectivity index (χ0) is 19.3. The first-order chi connectivity index (χ1) is 13.0. The van der Waals surface area contributed by atoms with E-state index in [1.807, 2.05) is 6.07 Å². The summed E-state index contributed by atoms with van der Waals surface area (Å²) in [6.07, 6.45) is 3.57. The van der Waals surface area contributed by atoms with Crippen LogP contribution in [0, 0.1) is 12.7 Å². The number of halogens is 1. The van der Waals surface area contributed by atoms with E-state index in [-0.39, 0.29) is 30.2 Å². The molecule has 0 saturated heterocycles. The number of rotatable bonds is 7. The van der Waals surface area contributed by atoms with Crippen LogP contribution in [0.5, 0.6) is 0 Å². The fourth-order valence-corrected chi connectivity index (χ4v) is 4.57. The van der Waals surface area contributed by atoms with E-state index in [9.17, 15) is 12.8 Å². The van der Waals surface area contributed by atoms with Crippen molar-refractivity contribution in [3.05, 3.63) is 95.6 Å². The van der Waals surface area contributed by atoms with Crippen molar-refractivity contribution in [3.63, 3.8) is 0 Å². The van der Waals surface area contributed by atoms with Crippen molar-refractivity contribution in [1.82, 2.24) is 9.29 Å². The molecule has 4 nitrogen and oxygen atoms in total. The Balaban J connectivity index is 1.92. The highest BCUT2D eigenvalue weighted by Gasteiger charge is 2.26. The average Bonchev–Trinajstić information content (AvgIpc) is 2.67. The van der Waals surface area contributed by atoms with Gasteiger partial charge in [0.15, 0.2) is 0 Å². The molecule has 0 unspecified atom stereocenters. The minimum absolute atomic E-state index is 0.173. The number of aromatic nitrogens is 1. The van der Waals surface area contributed by atoms with Crippen LogP contribution < -0.4 is 0 Å². The maximum Gasteiger partial charge on any atom is 0.243 e. The summed E-state index contributed by atoms with van der Waals surface area (Å²) in [5.41, 5.74) is 1.96. The normalized spacial score (nSPS) is 11.7. The highest BCUT2D eigenvalue weighted by Crippen LogP contribution is 2.22. The zero-order valence-electron chi connectivity index (χ0n) is 15.0. The second-order valence-electron chi connectivity index (χ2n) is 6.31. The van der Waals surface area contributed by atoms with Crippen LogP contribution >= 0.6 is 0 Å². The van der Waals surface area contributed by atoms with Gasteiger partial charge < -0.3 is 0 Å². The van der Waals surface area contributed by atoms with Gasteiger partial charge in [-0.25, -0.2) is 12.8 Å². The fraction of sp³-hybridized carbons (Fsp3) is 0.190. The van der Waals surface area contributed by atoms with Crippen LogP contribution in [0.1, 0.15) is 16.7 Å². The molecule has 0 atom stereocenters. The summed E-state index contributed by atoms with van der Waals surface area (Å²) in [6, 6.07) is 16.9. The minimum atomic E-state index is -3.73. The summed E-state index contributed by atoms with van der Waals surface area (Å²) in [4.78, 5) is 4.33. The summed E-state index contributed by atoms with van der Waals surface area (Å²) in [7, 11) is -3.73. The van der Waals surface area contributed by atoms with E-state index in [0.29, 0.717) is 11.1 Å². The van der Waals surface area contributed by atoms with Gasteiger partial charge in [0.2, 0.25) is 10.0 Å². The molecule has 2 aromatic carbocycles. The lowest BCUT2D eigenvalue weighted by Gasteiger charge is -2.23. The Labute approximate surface area is 159 Å². The average molecular weight is 384 g/mol. The summed E-state index contributed by atoms with van der Waals surface area (Å²) in [5, 5.41) is 0. The van der Waals surface area contributed by atoms with Crippen molar-refractivity contribution in [1.29, 1.82) is 0 Å². The molecular formula is C21H21FN2O2S. The minimum Gasteiger partial charge on any atom is -0.264 e. The second kappa shape index (κ2) is 8.41. The summed E-state index contributed by atoms with van der Waals surface area (Å²) >= 11 is 0. The first kappa shape index (κ1) is 19.2. The molecule has 0 saturated carbocycles. The lowest BCUT2D eigenvalue weighted by atomic mass is 10.1. The third-order valence-corrected chi connectivity index (χ3v) is 6.39. The van der Waals surface area contributed by atoms with Gasteiger partial charge in [0.05, 0.1) is 4.90 Å². The van der Waals surface area contributed by atoms with Crippen LogP contribution in [-0.4, -0.2) is 24.3 Å². The maximum atomic E-state index is 14.0. The quantitative estimate of drug-likeness (QED) is 0.619. The SMILES string of the molecule is Cc1ccccc1S(=O)(=O)N(CCc1ccccc1F)Cc1cccnc1. The van der Waals surface area contributed by atoms with Crippen LogP contribution in [0.15, 0.2) is 78.0 Å². The van der Waals surface area contributed by atoms with Crippen molar-refractivity contribution in [2.45, 2.75) is 24.8 Å². The number of sulfonamides is 1. The molecular weight excluding hydrogens is 363 g/mol. The molecule has 0 N–H and O–H groups in total. The molecule has 0 aliphatic heterocycles. The van der Waals surface area contributed by atoms with Crippen molar-refractivity contribution in [2.75, 3.05) is 6.54 Å². The summed E-state index contributed by atoms with van der Waals surface area (Å²) in [6.45, 7) is 2.12. The molecule has 6 heteroatoms. The third-order valence-electron chi connectivity index (χ3n) is 4.38. The molecule has 3 aromatic rings. The van der Waals surface area contributed by atoms with Crippen LogP contribution in [0.4, 0.5) is 4.39 Å². The predicted molar refractivity (Wildman–Crippen MR) is 103 cm³/mol. The molecule has 0 spiro atoms. The van der Waals surface area contributed by atoms with Crippen LogP contribution in [0.3, 0.4) is 0 Å². The topological polar surface area (TPSA) is 50.3 Å². The molecule has 27 heavy (non-hydrogen) atoms. The van der Waals surface area contributed by atoms with E-state index in [4.69, 9.17) is 0 Å². The highest BCUT2D eigenvalue weighted by atomic mass is 32.2. The van der Waals surface area contributed by atoms with Crippen LogP contribution in [0.2, 0.25) is 0 Å². The predicted octanol–water partition coefficient (Wildman–Crippen LogP) is 3.96. The van der Waals surface area contributed by atoms with Gasteiger partial charge in [0.1, 0.15) is 5.82 Å². The monoisotopic (exact) mass is 384 g/mol. The smallest absolute Gasteiger partial charge is 0.243 e. The number of hydrogen-bond donors (Lipinski definition) is 0. The zero-order valence-corrected chi connectivity index (χ0v) is 15.9. The van der Waals surface area contributed by atoms with Gasteiger partial charge >= 0.3 is 0 Å². The largest absolute Gasteiger partial charge is 0.264 e. The number of pyridine rings is 1. The Kier molecular flexibility index (Phi) is 5.98. The first-order valence-electron chi connectivity index (χ1n) is 8.66. The van der Waals surface area contributed by atoms with Crippen LogP contribution in [-0.2, 0) is 23.0 Å². The van der Waals surface area contributed by atoms with E-state index >= 15 is 0 Å². The molecule has 1 aromatic heterocycles. The van der Waals surface area contributed by atoms with E-state index in [1.165, 1.54) is 10.4 Å². The molecule has 3 rings (SSSR count). The highest BCUT2D eigenvalue weighted by molar-refractivity contribution is 7.89. The van der Waals surface area contributed by atoms with Gasteiger partial charge in [0, 0.05) is 25.5 Å². The van der Waals surface area contributed by atoms with E-state index in [1.54, 1.807) is 67.8 Å². The number of nitrogens with zero attached hydrogens (tertiary/aromatic N) is 2. The molecule has 0 amide bonds. The fourth-order valence-electron chi connectivity index (χ4n) is 2.91. The van der Waals surface area contributed by atoms with Crippen LogP contribution in [0.25, 0.3) is 0 Å². The lowest BCUT2D eigenvalue weighted by Crippen LogP contribution is -2.33. The van der Waals surface area contributed by atoms with E-state index in [0.717, 1.165) is 5.56 Å². The molecule has 1 heterocycles. The Hall–Kier alpha value is -2.57. The van der Waals surface area contributed by atoms with Gasteiger partial charge in [-0.3, -0.25) is 4.98 Å². The number of hydrogen-bond acceptors (Lipinski definition) is 3. The molecule has 140 valence electrons. The lowest BCUT2D eigenvalue weighted by molar-refractivity contribution is 0.406. The molecule has 0 aliphatic carbocycles. The van der Waals surface area contributed by atoms with Gasteiger partial charge in [-0.15, -0.1) is 0 Å². The van der Waals surface area contributed by atoms with Gasteiger partial charge in [0.25, 0.3) is 0 Å². The van der Waals surface area contributed by atoms with Crippen molar-refractivity contribution < 1.29 is 12.8 Å². The summed E-state index contributed by atoms with van der Waals surface area (Å²) < 4.78 is 41.9. The van der Waals surface area contributed by atoms with Gasteiger partial charge in [-0.05, 0) is 48.2 Å². The van der Waals surface area contributed by atoms with Crippen molar-refractivity contribution in [3.8, 4) is 0 Å². The third kappa shape index (κ3) is 4.59. The first-order valence-corrected chi connectivity index (χ1v) is 10.1. The molecule has 0 bridgehead atoms. The molecule has 0 aliphatic rings. The Morgan fingerprint density at radius 3 is 2.44 bits per heavy atom. The standard InChI is InChI=1S/C21H21FN2O2S/c1-17-7-2-5-11-21(17)27(25,26)24(16-18-8-6-13-23-15-18)14-12-19-9-3-4-10-20(19)22/h2-11,13,15H,12,14,16H2,1H3. The maximum absolute atomic E-state index is 14.0. The Bertz CT molecular complexity index is 1010. The van der Waals surface area contributed by atoms with Gasteiger partial charge in [-0.1, -0.05) is 42.5 Å². The molecule has 0 fully saturated rings. The number of aryl methyl sites for hydroxylation is 1. The van der Waals surface area contributed by atoms with Crippen molar-refractivity contribution >= 4 is 10.0 Å².